The molecule has 0 radical (unpaired) electrons. The molecule has 3 aromatic rings. The summed E-state index contributed by atoms with van der Waals surface area (Å²) >= 11 is 0. The van der Waals surface area contributed by atoms with E-state index in [9.17, 15) is 9.59 Å². The maximum Gasteiger partial charge on any atom is 0.344 e. The Morgan fingerprint density at radius 1 is 1.07 bits per heavy atom. The van der Waals surface area contributed by atoms with Gasteiger partial charge in [0.2, 0.25) is 0 Å². The summed E-state index contributed by atoms with van der Waals surface area (Å²) in [5.74, 6) is 0.268. The highest BCUT2D eigenvalue weighted by Crippen LogP contribution is 2.29. The van der Waals surface area contributed by atoms with Crippen LogP contribution in [0.4, 0.5) is 0 Å². The lowest BCUT2D eigenvalue weighted by Gasteiger charge is -2.26. The zero-order chi connectivity index (χ0) is 19.7. The van der Waals surface area contributed by atoms with E-state index in [2.05, 4.69) is 6.92 Å². The molecular formula is C24H24O4. The van der Waals surface area contributed by atoms with Crippen molar-refractivity contribution in [1.82, 2.24) is 0 Å². The standard InChI is InChI=1S/C24H24O4/c1-15-7-5-9-18(13-15)27-23(25)20-11-6-10-19(16(20)2)21-14-17-8-3-4-12-22(17)28-24(21)26/h3-4,6,8,10-12,14-15,18H,5,7,9,13H2,1-2H3. The SMILES string of the molecule is Cc1c(C(=O)OC2CCCC(C)C2)cccc1-c1cc2ccccc2oc1=O. The number of esters is 1. The van der Waals surface area contributed by atoms with Crippen LogP contribution in [0.25, 0.3) is 22.1 Å². The van der Waals surface area contributed by atoms with Gasteiger partial charge in [-0.1, -0.05) is 43.7 Å². The van der Waals surface area contributed by atoms with Gasteiger partial charge < -0.3 is 9.15 Å². The third-order valence-electron chi connectivity index (χ3n) is 5.65. The predicted molar refractivity (Wildman–Crippen MR) is 109 cm³/mol. The van der Waals surface area contributed by atoms with Gasteiger partial charge in [-0.2, -0.15) is 0 Å². The molecular weight excluding hydrogens is 352 g/mol. The van der Waals surface area contributed by atoms with Crippen LogP contribution in [-0.2, 0) is 4.74 Å². The molecule has 4 rings (SSSR count). The van der Waals surface area contributed by atoms with Gasteiger partial charge >= 0.3 is 11.6 Å². The molecule has 1 fully saturated rings. The Balaban J connectivity index is 1.68. The maximum absolute atomic E-state index is 12.8. The van der Waals surface area contributed by atoms with Crippen LogP contribution in [-0.4, -0.2) is 12.1 Å². The van der Waals surface area contributed by atoms with Crippen molar-refractivity contribution in [2.24, 2.45) is 5.92 Å². The second kappa shape index (κ2) is 7.63. The summed E-state index contributed by atoms with van der Waals surface area (Å²) in [6.45, 7) is 4.05. The van der Waals surface area contributed by atoms with Gasteiger partial charge in [-0.05, 0) is 61.4 Å². The van der Waals surface area contributed by atoms with E-state index in [1.165, 1.54) is 6.42 Å². The topological polar surface area (TPSA) is 56.5 Å². The highest BCUT2D eigenvalue weighted by molar-refractivity contribution is 5.94. The first-order chi connectivity index (χ1) is 13.5. The number of rotatable bonds is 3. The summed E-state index contributed by atoms with van der Waals surface area (Å²) in [6, 6.07) is 14.6. The fraction of sp³-hybridized carbons (Fsp3) is 0.333. The van der Waals surface area contributed by atoms with E-state index < -0.39 is 5.63 Å². The molecule has 28 heavy (non-hydrogen) atoms. The molecule has 1 heterocycles. The van der Waals surface area contributed by atoms with Crippen LogP contribution < -0.4 is 5.63 Å². The molecule has 2 unspecified atom stereocenters. The molecule has 0 bridgehead atoms. The van der Waals surface area contributed by atoms with Gasteiger partial charge in [0.15, 0.2) is 0 Å². The van der Waals surface area contributed by atoms with Crippen molar-refractivity contribution in [3.05, 3.63) is 70.1 Å². The van der Waals surface area contributed by atoms with E-state index in [1.54, 1.807) is 18.2 Å². The largest absolute Gasteiger partial charge is 0.459 e. The van der Waals surface area contributed by atoms with Crippen LogP contribution in [0.2, 0.25) is 0 Å². The summed E-state index contributed by atoms with van der Waals surface area (Å²) < 4.78 is 11.2. The highest BCUT2D eigenvalue weighted by Gasteiger charge is 2.24. The summed E-state index contributed by atoms with van der Waals surface area (Å²) in [6.07, 6.45) is 4.10. The van der Waals surface area contributed by atoms with Crippen molar-refractivity contribution in [3.8, 4) is 11.1 Å². The summed E-state index contributed by atoms with van der Waals surface area (Å²) in [5.41, 5.74) is 2.54. The van der Waals surface area contributed by atoms with E-state index in [-0.39, 0.29) is 12.1 Å². The van der Waals surface area contributed by atoms with Gasteiger partial charge in [-0.3, -0.25) is 0 Å². The number of carbonyl (C=O) groups excluding carboxylic acids is 1. The average Bonchev–Trinajstić information content (AvgIpc) is 2.68. The van der Waals surface area contributed by atoms with E-state index in [1.807, 2.05) is 37.3 Å². The van der Waals surface area contributed by atoms with Crippen LogP contribution in [0.5, 0.6) is 0 Å². The van der Waals surface area contributed by atoms with Crippen molar-refractivity contribution < 1.29 is 13.9 Å². The highest BCUT2D eigenvalue weighted by atomic mass is 16.5. The normalized spacial score (nSPS) is 19.5. The Labute approximate surface area is 164 Å². The van der Waals surface area contributed by atoms with Gasteiger partial charge in [0.1, 0.15) is 11.7 Å². The fourth-order valence-corrected chi connectivity index (χ4v) is 4.10. The Kier molecular flexibility index (Phi) is 5.03. The first-order valence-corrected chi connectivity index (χ1v) is 9.87. The Bertz CT molecular complexity index is 1080. The molecule has 1 aromatic heterocycles. The van der Waals surface area contributed by atoms with Crippen molar-refractivity contribution in [2.75, 3.05) is 0 Å². The fourth-order valence-electron chi connectivity index (χ4n) is 4.10. The minimum Gasteiger partial charge on any atom is -0.459 e. The van der Waals surface area contributed by atoms with Gasteiger partial charge in [-0.25, -0.2) is 9.59 Å². The smallest absolute Gasteiger partial charge is 0.344 e. The number of para-hydroxylation sites is 1. The molecule has 0 saturated heterocycles. The zero-order valence-corrected chi connectivity index (χ0v) is 16.2. The maximum atomic E-state index is 12.8. The molecule has 4 nitrogen and oxygen atoms in total. The van der Waals surface area contributed by atoms with Crippen LogP contribution in [0.3, 0.4) is 0 Å². The summed E-state index contributed by atoms with van der Waals surface area (Å²) in [7, 11) is 0. The molecule has 0 amide bonds. The minimum atomic E-state index is -0.409. The molecule has 1 aliphatic carbocycles. The first kappa shape index (κ1) is 18.5. The Morgan fingerprint density at radius 3 is 2.71 bits per heavy atom. The third kappa shape index (κ3) is 3.59. The first-order valence-electron chi connectivity index (χ1n) is 9.87. The molecule has 1 aliphatic rings. The van der Waals surface area contributed by atoms with Gasteiger partial charge in [-0.15, -0.1) is 0 Å². The zero-order valence-electron chi connectivity index (χ0n) is 16.2. The van der Waals surface area contributed by atoms with Crippen LogP contribution in [0.15, 0.2) is 57.7 Å². The lowest BCUT2D eigenvalue weighted by atomic mass is 9.88. The second-order valence-electron chi connectivity index (χ2n) is 7.76. The third-order valence-corrected chi connectivity index (χ3v) is 5.65. The average molecular weight is 376 g/mol. The summed E-state index contributed by atoms with van der Waals surface area (Å²) in [5, 5.41) is 0.848. The van der Waals surface area contributed by atoms with Crippen molar-refractivity contribution >= 4 is 16.9 Å². The predicted octanol–water partition coefficient (Wildman–Crippen LogP) is 5.50. The van der Waals surface area contributed by atoms with E-state index in [4.69, 9.17) is 9.15 Å². The Morgan fingerprint density at radius 2 is 1.89 bits per heavy atom. The number of carbonyl (C=O) groups is 1. The van der Waals surface area contributed by atoms with Crippen LogP contribution >= 0.6 is 0 Å². The molecule has 0 N–H and O–H groups in total. The lowest BCUT2D eigenvalue weighted by Crippen LogP contribution is -2.25. The molecule has 144 valence electrons. The number of hydrogen-bond donors (Lipinski definition) is 0. The van der Waals surface area contributed by atoms with E-state index in [0.717, 1.165) is 30.2 Å². The van der Waals surface area contributed by atoms with Gasteiger partial charge in [0.05, 0.1) is 11.1 Å². The van der Waals surface area contributed by atoms with Crippen molar-refractivity contribution in [2.45, 2.75) is 45.6 Å². The van der Waals surface area contributed by atoms with Gasteiger partial charge in [0.25, 0.3) is 0 Å². The minimum absolute atomic E-state index is 0.0231. The lowest BCUT2D eigenvalue weighted by molar-refractivity contribution is 0.0154. The molecule has 0 aliphatic heterocycles. The van der Waals surface area contributed by atoms with Crippen LogP contribution in [0, 0.1) is 12.8 Å². The van der Waals surface area contributed by atoms with E-state index >= 15 is 0 Å². The van der Waals surface area contributed by atoms with Gasteiger partial charge in [0, 0.05) is 5.39 Å². The van der Waals surface area contributed by atoms with Crippen LogP contribution in [0.1, 0.15) is 48.5 Å². The van der Waals surface area contributed by atoms with E-state index in [0.29, 0.717) is 28.2 Å². The number of fused-ring (bicyclic) bond motifs is 1. The van der Waals surface area contributed by atoms with Crippen molar-refractivity contribution in [3.63, 3.8) is 0 Å². The Hall–Kier alpha value is -2.88. The monoisotopic (exact) mass is 376 g/mol. The quantitative estimate of drug-likeness (QED) is 0.447. The summed E-state index contributed by atoms with van der Waals surface area (Å²) in [4.78, 5) is 25.3. The second-order valence-corrected chi connectivity index (χ2v) is 7.76. The molecule has 2 aromatic carbocycles. The van der Waals surface area contributed by atoms with Crippen molar-refractivity contribution in [1.29, 1.82) is 0 Å². The number of ether oxygens (including phenoxy) is 1. The molecule has 4 heteroatoms. The number of hydrogen-bond acceptors (Lipinski definition) is 4. The molecule has 0 spiro atoms. The number of benzene rings is 2. The molecule has 1 saturated carbocycles. The molecule has 2 atom stereocenters.